The van der Waals surface area contributed by atoms with E-state index in [0.717, 1.165) is 12.8 Å². The Kier molecular flexibility index (Phi) is 6.39. The maximum Gasteiger partial charge on any atom is -0.0136 e. The maximum absolute atomic E-state index is 3.87. The topological polar surface area (TPSA) is 0 Å². The van der Waals surface area contributed by atoms with E-state index in [1.165, 1.54) is 30.4 Å². The zero-order chi connectivity index (χ0) is 12.5. The molecule has 1 rings (SSSR count). The van der Waals surface area contributed by atoms with Crippen molar-refractivity contribution in [2.45, 2.75) is 46.0 Å². The molecule has 0 unspecified atom stereocenters. The first-order chi connectivity index (χ1) is 8.33. The molecule has 0 saturated heterocycles. The quantitative estimate of drug-likeness (QED) is 0.532. The molecule has 1 aromatic carbocycles. The summed E-state index contributed by atoms with van der Waals surface area (Å²) in [5.74, 6) is 0. The van der Waals surface area contributed by atoms with Crippen molar-refractivity contribution < 1.29 is 0 Å². The van der Waals surface area contributed by atoms with E-state index in [-0.39, 0.29) is 0 Å². The fraction of sp³-hybridized carbons (Fsp3) is 0.412. The van der Waals surface area contributed by atoms with E-state index in [0.29, 0.717) is 0 Å². The first-order valence-corrected chi connectivity index (χ1v) is 6.70. The molecule has 0 fully saturated rings. The van der Waals surface area contributed by atoms with Crippen molar-refractivity contribution in [2.24, 2.45) is 0 Å². The van der Waals surface area contributed by atoms with Crippen LogP contribution in [0.15, 0.2) is 48.6 Å². The lowest BCUT2D eigenvalue weighted by Crippen LogP contribution is -1.92. The maximum atomic E-state index is 3.87. The Morgan fingerprint density at radius 1 is 1.18 bits per heavy atom. The minimum Gasteiger partial charge on any atom is -0.103 e. The van der Waals surface area contributed by atoms with Gasteiger partial charge in [0.05, 0.1) is 0 Å². The lowest BCUT2D eigenvalue weighted by Gasteiger charge is -2.13. The highest BCUT2D eigenvalue weighted by Crippen LogP contribution is 2.28. The van der Waals surface area contributed by atoms with Gasteiger partial charge >= 0.3 is 0 Å². The van der Waals surface area contributed by atoms with Gasteiger partial charge in [0, 0.05) is 0 Å². The number of benzene rings is 1. The Morgan fingerprint density at radius 3 is 2.41 bits per heavy atom. The molecule has 0 atom stereocenters. The van der Waals surface area contributed by atoms with Crippen LogP contribution in [0, 0.1) is 0 Å². The van der Waals surface area contributed by atoms with E-state index < -0.39 is 0 Å². The van der Waals surface area contributed by atoms with E-state index in [1.807, 2.05) is 6.08 Å². The molecule has 0 saturated carbocycles. The van der Waals surface area contributed by atoms with Crippen molar-refractivity contribution in [1.82, 2.24) is 0 Å². The third-order valence-corrected chi connectivity index (χ3v) is 3.15. The molecule has 0 nitrogen and oxygen atoms in total. The summed E-state index contributed by atoms with van der Waals surface area (Å²) in [5, 5.41) is 0. The average molecular weight is 228 g/mol. The summed E-state index contributed by atoms with van der Waals surface area (Å²) in [5.41, 5.74) is 4.47. The number of rotatable bonds is 7. The molecule has 0 aromatic heterocycles. The smallest absolute Gasteiger partial charge is 0.0136 e. The predicted octanol–water partition coefficient (Wildman–Crippen LogP) is 5.62. The van der Waals surface area contributed by atoms with Gasteiger partial charge in [0.15, 0.2) is 0 Å². The fourth-order valence-corrected chi connectivity index (χ4v) is 2.17. The summed E-state index contributed by atoms with van der Waals surface area (Å²) < 4.78 is 0. The Bertz CT molecular complexity index is 357. The second-order valence-electron chi connectivity index (χ2n) is 4.40. The minimum atomic E-state index is 1.02. The van der Waals surface area contributed by atoms with Gasteiger partial charge < -0.3 is 0 Å². The molecule has 0 heteroatoms. The van der Waals surface area contributed by atoms with Crippen molar-refractivity contribution >= 4 is 5.57 Å². The molecule has 0 radical (unpaired) electrons. The van der Waals surface area contributed by atoms with E-state index in [9.17, 15) is 0 Å². The van der Waals surface area contributed by atoms with Crippen LogP contribution < -0.4 is 0 Å². The second kappa shape index (κ2) is 7.89. The first-order valence-electron chi connectivity index (χ1n) is 6.70. The van der Waals surface area contributed by atoms with E-state index in [2.05, 4.69) is 50.8 Å². The van der Waals surface area contributed by atoms with Gasteiger partial charge in [-0.3, -0.25) is 0 Å². The summed E-state index contributed by atoms with van der Waals surface area (Å²) in [6, 6.07) is 10.8. The molecule has 0 spiro atoms. The summed E-state index contributed by atoms with van der Waals surface area (Å²) in [4.78, 5) is 0. The van der Waals surface area contributed by atoms with Gasteiger partial charge in [-0.25, -0.2) is 0 Å². The molecule has 17 heavy (non-hydrogen) atoms. The molecular weight excluding hydrogens is 204 g/mol. The van der Waals surface area contributed by atoms with Crippen molar-refractivity contribution in [3.63, 3.8) is 0 Å². The lowest BCUT2D eigenvalue weighted by molar-refractivity contribution is 0.816. The van der Waals surface area contributed by atoms with Crippen LogP contribution in [-0.2, 0) is 0 Å². The van der Waals surface area contributed by atoms with Gasteiger partial charge in [0.1, 0.15) is 0 Å². The number of allylic oxidation sites excluding steroid dienone is 3. The van der Waals surface area contributed by atoms with Gasteiger partial charge in [-0.2, -0.15) is 0 Å². The van der Waals surface area contributed by atoms with E-state index in [1.54, 1.807) is 5.57 Å². The molecule has 0 aliphatic heterocycles. The Labute approximate surface area is 106 Å². The molecule has 1 aromatic rings. The molecule has 0 heterocycles. The number of hydrogen-bond acceptors (Lipinski definition) is 0. The van der Waals surface area contributed by atoms with Crippen molar-refractivity contribution in [1.29, 1.82) is 0 Å². The Morgan fingerprint density at radius 2 is 1.88 bits per heavy atom. The van der Waals surface area contributed by atoms with E-state index >= 15 is 0 Å². The molecule has 0 aliphatic carbocycles. The van der Waals surface area contributed by atoms with Crippen LogP contribution in [0.4, 0.5) is 0 Å². The van der Waals surface area contributed by atoms with Gasteiger partial charge in [-0.05, 0) is 36.8 Å². The monoisotopic (exact) mass is 228 g/mol. The summed E-state index contributed by atoms with van der Waals surface area (Å²) >= 11 is 0. The molecule has 0 aliphatic rings. The predicted molar refractivity (Wildman–Crippen MR) is 78.0 cm³/mol. The van der Waals surface area contributed by atoms with Gasteiger partial charge in [0.2, 0.25) is 0 Å². The number of unbranched alkanes of at least 4 members (excludes halogenated alkanes) is 1. The van der Waals surface area contributed by atoms with Crippen molar-refractivity contribution in [3.05, 3.63) is 54.1 Å². The normalized spacial score (nSPS) is 12.1. The third-order valence-electron chi connectivity index (χ3n) is 3.15. The Balaban J connectivity index is 3.05. The highest BCUT2D eigenvalue weighted by molar-refractivity contribution is 5.68. The first kappa shape index (κ1) is 13.8. The molecule has 0 bridgehead atoms. The van der Waals surface area contributed by atoms with Crippen LogP contribution in [0.3, 0.4) is 0 Å². The van der Waals surface area contributed by atoms with Crippen LogP contribution in [0.1, 0.15) is 51.5 Å². The summed E-state index contributed by atoms with van der Waals surface area (Å²) in [6.45, 7) is 8.37. The van der Waals surface area contributed by atoms with E-state index in [4.69, 9.17) is 0 Å². The van der Waals surface area contributed by atoms with Gasteiger partial charge in [-0.1, -0.05) is 62.2 Å². The zero-order valence-electron chi connectivity index (χ0n) is 11.2. The highest BCUT2D eigenvalue weighted by atomic mass is 14.1. The third kappa shape index (κ3) is 4.22. The minimum absolute atomic E-state index is 1.02. The summed E-state index contributed by atoms with van der Waals surface area (Å²) in [6.07, 6.45) is 7.88. The molecule has 0 amide bonds. The lowest BCUT2D eigenvalue weighted by atomic mass is 9.92. The molecule has 0 N–H and O–H groups in total. The van der Waals surface area contributed by atoms with Crippen LogP contribution in [0.5, 0.6) is 0 Å². The standard InChI is InChI=1S/C17H24/c1-4-7-14-17(15(6-3)11-5-2)16-12-9-8-10-13-16/h5,8-10,12-13H,2,4,6-7,11,14H2,1,3H3/b17-15+. The fourth-order valence-electron chi connectivity index (χ4n) is 2.17. The SMILES string of the molecule is C=CC/C(CC)=C(\CCCC)c1ccccc1. The van der Waals surface area contributed by atoms with Crippen LogP contribution in [0.25, 0.3) is 5.57 Å². The number of hydrogen-bond donors (Lipinski definition) is 0. The largest absolute Gasteiger partial charge is 0.103 e. The molecule has 92 valence electrons. The second-order valence-corrected chi connectivity index (χ2v) is 4.40. The Hall–Kier alpha value is -1.30. The van der Waals surface area contributed by atoms with Crippen molar-refractivity contribution in [2.75, 3.05) is 0 Å². The van der Waals surface area contributed by atoms with Crippen molar-refractivity contribution in [3.8, 4) is 0 Å². The van der Waals surface area contributed by atoms with Crippen LogP contribution >= 0.6 is 0 Å². The summed E-state index contributed by atoms with van der Waals surface area (Å²) in [7, 11) is 0. The van der Waals surface area contributed by atoms with Gasteiger partial charge in [0.25, 0.3) is 0 Å². The molecular formula is C17H24. The zero-order valence-corrected chi connectivity index (χ0v) is 11.2. The van der Waals surface area contributed by atoms with Gasteiger partial charge in [-0.15, -0.1) is 6.58 Å². The van der Waals surface area contributed by atoms with Crippen LogP contribution in [0.2, 0.25) is 0 Å². The van der Waals surface area contributed by atoms with Crippen LogP contribution in [-0.4, -0.2) is 0 Å². The highest BCUT2D eigenvalue weighted by Gasteiger charge is 2.06. The average Bonchev–Trinajstić information content (AvgIpc) is 2.39.